The van der Waals surface area contributed by atoms with Gasteiger partial charge in [0.1, 0.15) is 6.04 Å². The predicted molar refractivity (Wildman–Crippen MR) is 104 cm³/mol. The fraction of sp³-hybridized carbons (Fsp3) is 0.200. The number of hydrogen-bond acceptors (Lipinski definition) is 5. The number of carbonyl (C=O) groups excluding carboxylic acids is 1. The lowest BCUT2D eigenvalue weighted by Crippen LogP contribution is -2.40. The fourth-order valence-electron chi connectivity index (χ4n) is 3.56. The van der Waals surface area contributed by atoms with E-state index < -0.39 is 11.0 Å². The van der Waals surface area contributed by atoms with Gasteiger partial charge in [-0.05, 0) is 37.1 Å². The maximum atomic E-state index is 13.0. The van der Waals surface area contributed by atoms with Gasteiger partial charge in [-0.2, -0.15) is 0 Å². The Bertz CT molecular complexity index is 1050. The molecule has 1 N–H and O–H groups in total. The maximum absolute atomic E-state index is 13.0. The van der Waals surface area contributed by atoms with Gasteiger partial charge in [0.05, 0.1) is 10.3 Å². The summed E-state index contributed by atoms with van der Waals surface area (Å²) in [4.78, 5) is 29.6. The lowest BCUT2D eigenvalue weighted by Gasteiger charge is -2.23. The minimum Gasteiger partial charge on any atom is -0.373 e. The van der Waals surface area contributed by atoms with Crippen molar-refractivity contribution in [2.45, 2.75) is 19.4 Å². The predicted octanol–water partition coefficient (Wildman–Crippen LogP) is 3.53. The van der Waals surface area contributed by atoms with E-state index in [1.807, 2.05) is 24.3 Å². The Morgan fingerprint density at radius 1 is 1.22 bits per heavy atom. The summed E-state index contributed by atoms with van der Waals surface area (Å²) >= 11 is 0. The van der Waals surface area contributed by atoms with Crippen LogP contribution < -0.4 is 10.2 Å². The molecular formula is C20H18N4O3. The summed E-state index contributed by atoms with van der Waals surface area (Å²) in [6.07, 6.45) is 3.91. The van der Waals surface area contributed by atoms with E-state index in [0.29, 0.717) is 23.0 Å². The van der Waals surface area contributed by atoms with E-state index in [2.05, 4.69) is 10.3 Å². The van der Waals surface area contributed by atoms with Gasteiger partial charge in [-0.25, -0.2) is 0 Å². The fourth-order valence-corrected chi connectivity index (χ4v) is 3.56. The number of pyridine rings is 1. The number of nitro benzene ring substituents is 1. The second-order valence-corrected chi connectivity index (χ2v) is 6.55. The molecule has 1 aliphatic heterocycles. The summed E-state index contributed by atoms with van der Waals surface area (Å²) in [7, 11) is 0. The van der Waals surface area contributed by atoms with E-state index >= 15 is 0 Å². The standard InChI is InChI=1S/C20H18N4O3/c1-13(20(25)23-11-9-14-4-2-3-5-18(14)23)22-17-6-7-19(24(26)27)16-12-21-10-8-15(16)17/h2-8,10,12-13,22H,9,11H2,1H3. The summed E-state index contributed by atoms with van der Waals surface area (Å²) in [5.74, 6) is -0.0273. The van der Waals surface area contributed by atoms with E-state index in [9.17, 15) is 14.9 Å². The smallest absolute Gasteiger partial charge is 0.278 e. The first-order valence-electron chi connectivity index (χ1n) is 8.73. The topological polar surface area (TPSA) is 88.4 Å². The van der Waals surface area contributed by atoms with Crippen LogP contribution in [0.5, 0.6) is 0 Å². The molecule has 7 nitrogen and oxygen atoms in total. The van der Waals surface area contributed by atoms with Crippen molar-refractivity contribution in [2.24, 2.45) is 0 Å². The largest absolute Gasteiger partial charge is 0.373 e. The number of fused-ring (bicyclic) bond motifs is 2. The molecule has 0 radical (unpaired) electrons. The van der Waals surface area contributed by atoms with Crippen molar-refractivity contribution in [3.05, 3.63) is 70.5 Å². The summed E-state index contributed by atoms with van der Waals surface area (Å²) in [5, 5.41) is 15.6. The number of carbonyl (C=O) groups is 1. The van der Waals surface area contributed by atoms with Crippen molar-refractivity contribution in [2.75, 3.05) is 16.8 Å². The number of non-ortho nitro benzene ring substituents is 1. The average molecular weight is 362 g/mol. The Morgan fingerprint density at radius 2 is 2.04 bits per heavy atom. The van der Waals surface area contributed by atoms with Crippen LogP contribution in [-0.2, 0) is 11.2 Å². The third kappa shape index (κ3) is 2.97. The van der Waals surface area contributed by atoms with Crippen LogP contribution in [0.4, 0.5) is 17.1 Å². The van der Waals surface area contributed by atoms with Gasteiger partial charge in [0.15, 0.2) is 0 Å². The summed E-state index contributed by atoms with van der Waals surface area (Å²) in [6, 6.07) is 12.2. The van der Waals surface area contributed by atoms with Crippen molar-refractivity contribution in [1.82, 2.24) is 4.98 Å². The van der Waals surface area contributed by atoms with Crippen molar-refractivity contribution in [1.29, 1.82) is 0 Å². The van der Waals surface area contributed by atoms with Crippen molar-refractivity contribution < 1.29 is 9.72 Å². The molecule has 1 unspecified atom stereocenters. The number of hydrogen-bond donors (Lipinski definition) is 1. The molecule has 1 aromatic heterocycles. The quantitative estimate of drug-likeness (QED) is 0.566. The number of para-hydroxylation sites is 1. The lowest BCUT2D eigenvalue weighted by molar-refractivity contribution is -0.383. The van der Waals surface area contributed by atoms with Gasteiger partial charge in [0.2, 0.25) is 5.91 Å². The van der Waals surface area contributed by atoms with Crippen LogP contribution >= 0.6 is 0 Å². The monoisotopic (exact) mass is 362 g/mol. The molecule has 1 amide bonds. The summed E-state index contributed by atoms with van der Waals surface area (Å²) < 4.78 is 0. The highest BCUT2D eigenvalue weighted by molar-refractivity contribution is 6.03. The van der Waals surface area contributed by atoms with Gasteiger partial charge in [0, 0.05) is 41.8 Å². The highest BCUT2D eigenvalue weighted by atomic mass is 16.6. The molecule has 4 rings (SSSR count). The molecule has 2 aromatic carbocycles. The Labute approximate surface area is 155 Å². The number of nitrogens with one attached hydrogen (secondary N) is 1. The zero-order chi connectivity index (χ0) is 19.0. The summed E-state index contributed by atoms with van der Waals surface area (Å²) in [6.45, 7) is 2.47. The molecule has 0 bridgehead atoms. The molecule has 1 aliphatic rings. The van der Waals surface area contributed by atoms with Crippen LogP contribution in [0.15, 0.2) is 54.9 Å². The normalized spacial score (nSPS) is 14.0. The third-order valence-electron chi connectivity index (χ3n) is 4.89. The molecular weight excluding hydrogens is 344 g/mol. The molecule has 0 aliphatic carbocycles. The average Bonchev–Trinajstić information content (AvgIpc) is 3.11. The second kappa shape index (κ2) is 6.68. The molecule has 7 heteroatoms. The van der Waals surface area contributed by atoms with Gasteiger partial charge < -0.3 is 10.2 Å². The Balaban J connectivity index is 1.62. The molecule has 1 atom stereocenters. The molecule has 0 fully saturated rings. The molecule has 0 saturated carbocycles. The number of rotatable bonds is 4. The van der Waals surface area contributed by atoms with E-state index in [1.54, 1.807) is 30.2 Å². The SMILES string of the molecule is CC(Nc1ccc([N+](=O)[O-])c2cnccc12)C(=O)N1CCc2ccccc21. The minimum atomic E-state index is -0.478. The van der Waals surface area contributed by atoms with Crippen LogP contribution in [0, 0.1) is 10.1 Å². The zero-order valence-electron chi connectivity index (χ0n) is 14.8. The van der Waals surface area contributed by atoms with Gasteiger partial charge in [-0.1, -0.05) is 18.2 Å². The van der Waals surface area contributed by atoms with E-state index in [-0.39, 0.29) is 11.6 Å². The molecule has 3 aromatic rings. The van der Waals surface area contributed by atoms with Crippen LogP contribution in [0.1, 0.15) is 12.5 Å². The van der Waals surface area contributed by atoms with Crippen LogP contribution in [0.3, 0.4) is 0 Å². The van der Waals surface area contributed by atoms with Crippen LogP contribution in [-0.4, -0.2) is 28.4 Å². The van der Waals surface area contributed by atoms with E-state index in [1.165, 1.54) is 17.8 Å². The number of aromatic nitrogens is 1. The van der Waals surface area contributed by atoms with Crippen LogP contribution in [0.25, 0.3) is 10.8 Å². The van der Waals surface area contributed by atoms with Crippen molar-refractivity contribution in [3.63, 3.8) is 0 Å². The zero-order valence-corrected chi connectivity index (χ0v) is 14.8. The third-order valence-corrected chi connectivity index (χ3v) is 4.89. The Kier molecular flexibility index (Phi) is 4.19. The maximum Gasteiger partial charge on any atom is 0.278 e. The van der Waals surface area contributed by atoms with Gasteiger partial charge in [0.25, 0.3) is 5.69 Å². The number of amides is 1. The van der Waals surface area contributed by atoms with Gasteiger partial charge in [-0.15, -0.1) is 0 Å². The lowest BCUT2D eigenvalue weighted by atomic mass is 10.1. The van der Waals surface area contributed by atoms with Gasteiger partial charge in [-0.3, -0.25) is 19.9 Å². The molecule has 136 valence electrons. The minimum absolute atomic E-state index is 0.00361. The molecule has 0 saturated heterocycles. The first-order chi connectivity index (χ1) is 13.1. The first kappa shape index (κ1) is 17.0. The Morgan fingerprint density at radius 3 is 2.85 bits per heavy atom. The molecule has 27 heavy (non-hydrogen) atoms. The van der Waals surface area contributed by atoms with Crippen LogP contribution in [0.2, 0.25) is 0 Å². The first-order valence-corrected chi connectivity index (χ1v) is 8.73. The second-order valence-electron chi connectivity index (χ2n) is 6.55. The van der Waals surface area contributed by atoms with E-state index in [4.69, 9.17) is 0 Å². The van der Waals surface area contributed by atoms with E-state index in [0.717, 1.165) is 12.1 Å². The van der Waals surface area contributed by atoms with Crippen molar-refractivity contribution >= 4 is 33.7 Å². The van der Waals surface area contributed by atoms with Gasteiger partial charge >= 0.3 is 0 Å². The summed E-state index contributed by atoms with van der Waals surface area (Å²) in [5.41, 5.74) is 2.79. The number of benzene rings is 2. The highest BCUT2D eigenvalue weighted by Gasteiger charge is 2.28. The highest BCUT2D eigenvalue weighted by Crippen LogP contribution is 2.32. The molecule has 0 spiro atoms. The number of anilines is 2. The number of nitrogens with zero attached hydrogens (tertiary/aromatic N) is 3. The van der Waals surface area contributed by atoms with Crippen molar-refractivity contribution in [3.8, 4) is 0 Å². The Hall–Kier alpha value is -3.48. The molecule has 2 heterocycles. The number of nitro groups is 1.